The quantitative estimate of drug-likeness (QED) is 0.819. The summed E-state index contributed by atoms with van der Waals surface area (Å²) >= 11 is 0. The number of hydrogen-bond acceptors (Lipinski definition) is 3. The lowest BCUT2D eigenvalue weighted by Crippen LogP contribution is -2.17. The average molecular weight is 239 g/mol. The highest BCUT2D eigenvalue weighted by Gasteiger charge is 2.13. The molecule has 3 nitrogen and oxygen atoms in total. The van der Waals surface area contributed by atoms with E-state index >= 15 is 0 Å². The molecule has 0 aliphatic carbocycles. The minimum Gasteiger partial charge on any atom is -0.398 e. The summed E-state index contributed by atoms with van der Waals surface area (Å²) < 4.78 is 0. The number of rotatable bonds is 2. The van der Waals surface area contributed by atoms with Crippen LogP contribution in [0.25, 0.3) is 11.1 Å². The Balaban J connectivity index is 2.01. The van der Waals surface area contributed by atoms with E-state index in [0.717, 1.165) is 29.9 Å². The average Bonchev–Trinajstić information content (AvgIpc) is 2.94. The molecule has 0 atom stereocenters. The lowest BCUT2D eigenvalue weighted by molar-refractivity contribution is 0.949. The third kappa shape index (κ3) is 2.04. The Morgan fingerprint density at radius 2 is 1.94 bits per heavy atom. The van der Waals surface area contributed by atoms with Crippen LogP contribution in [0.2, 0.25) is 0 Å². The minimum atomic E-state index is 0.811. The van der Waals surface area contributed by atoms with Gasteiger partial charge in [-0.1, -0.05) is 6.07 Å². The fraction of sp³-hybridized carbons (Fsp3) is 0.267. The predicted molar refractivity (Wildman–Crippen MR) is 75.5 cm³/mol. The molecule has 1 saturated heterocycles. The highest BCUT2D eigenvalue weighted by Crippen LogP contribution is 2.31. The molecule has 1 aromatic heterocycles. The van der Waals surface area contributed by atoms with Crippen molar-refractivity contribution in [2.45, 2.75) is 12.8 Å². The van der Waals surface area contributed by atoms with Crippen LogP contribution in [0, 0.1) is 0 Å². The van der Waals surface area contributed by atoms with Gasteiger partial charge in [0, 0.05) is 48.0 Å². The Hall–Kier alpha value is -2.03. The third-order valence-corrected chi connectivity index (χ3v) is 3.48. The highest BCUT2D eigenvalue weighted by atomic mass is 15.1. The van der Waals surface area contributed by atoms with Crippen molar-refractivity contribution in [3.05, 3.63) is 42.7 Å². The van der Waals surface area contributed by atoms with Gasteiger partial charge >= 0.3 is 0 Å². The smallest absolute Gasteiger partial charge is 0.0395 e. The maximum Gasteiger partial charge on any atom is 0.0395 e. The summed E-state index contributed by atoms with van der Waals surface area (Å²) in [5, 5.41) is 0. The van der Waals surface area contributed by atoms with Crippen LogP contribution in [0.1, 0.15) is 12.8 Å². The van der Waals surface area contributed by atoms with Crippen molar-refractivity contribution in [1.82, 2.24) is 4.98 Å². The minimum absolute atomic E-state index is 0.811. The second kappa shape index (κ2) is 4.69. The van der Waals surface area contributed by atoms with Crippen molar-refractivity contribution in [3.63, 3.8) is 0 Å². The van der Waals surface area contributed by atoms with Crippen LogP contribution >= 0.6 is 0 Å². The fourth-order valence-corrected chi connectivity index (χ4v) is 2.49. The third-order valence-electron chi connectivity index (χ3n) is 3.48. The number of hydrogen-bond donors (Lipinski definition) is 1. The van der Waals surface area contributed by atoms with Crippen LogP contribution in [0.4, 0.5) is 11.4 Å². The lowest BCUT2D eigenvalue weighted by atomic mass is 10.0. The van der Waals surface area contributed by atoms with Gasteiger partial charge in [-0.15, -0.1) is 0 Å². The Kier molecular flexibility index (Phi) is 2.89. The van der Waals surface area contributed by atoms with Gasteiger partial charge in [-0.3, -0.25) is 4.98 Å². The van der Waals surface area contributed by atoms with Crippen molar-refractivity contribution >= 4 is 11.4 Å². The molecule has 1 aromatic carbocycles. The van der Waals surface area contributed by atoms with Crippen LogP contribution in [-0.2, 0) is 0 Å². The van der Waals surface area contributed by atoms with Crippen molar-refractivity contribution < 1.29 is 0 Å². The van der Waals surface area contributed by atoms with Crippen LogP contribution < -0.4 is 10.6 Å². The largest absolute Gasteiger partial charge is 0.398 e. The molecule has 0 unspecified atom stereocenters. The number of nitrogens with two attached hydrogens (primary N) is 1. The normalized spacial score (nSPS) is 15.0. The van der Waals surface area contributed by atoms with Crippen LogP contribution in [0.3, 0.4) is 0 Å². The van der Waals surface area contributed by atoms with E-state index < -0.39 is 0 Å². The zero-order valence-electron chi connectivity index (χ0n) is 10.3. The standard InChI is InChI=1S/C15H17N3/c16-15-6-5-13(18-8-1-2-9-18)10-14(15)12-4-3-7-17-11-12/h3-7,10-11H,1-2,8-9,16H2. The molecule has 0 saturated carbocycles. The lowest BCUT2D eigenvalue weighted by Gasteiger charge is -2.19. The predicted octanol–water partition coefficient (Wildman–Crippen LogP) is 2.93. The summed E-state index contributed by atoms with van der Waals surface area (Å²) in [4.78, 5) is 6.58. The van der Waals surface area contributed by atoms with Gasteiger partial charge in [0.05, 0.1) is 0 Å². The molecular weight excluding hydrogens is 222 g/mol. The van der Waals surface area contributed by atoms with E-state index in [0.29, 0.717) is 0 Å². The molecule has 0 amide bonds. The topological polar surface area (TPSA) is 42.1 Å². The van der Waals surface area contributed by atoms with E-state index in [4.69, 9.17) is 5.73 Å². The van der Waals surface area contributed by atoms with E-state index in [1.807, 2.05) is 24.4 Å². The molecule has 2 aromatic rings. The highest BCUT2D eigenvalue weighted by molar-refractivity contribution is 5.79. The van der Waals surface area contributed by atoms with Gasteiger partial charge in [0.1, 0.15) is 0 Å². The van der Waals surface area contributed by atoms with Crippen LogP contribution in [0.5, 0.6) is 0 Å². The number of pyridine rings is 1. The summed E-state index contributed by atoms with van der Waals surface area (Å²) in [6.45, 7) is 2.30. The van der Waals surface area contributed by atoms with Gasteiger partial charge in [0.2, 0.25) is 0 Å². The maximum absolute atomic E-state index is 6.07. The van der Waals surface area contributed by atoms with Gasteiger partial charge in [0.15, 0.2) is 0 Å². The molecule has 1 fully saturated rings. The van der Waals surface area contributed by atoms with Gasteiger partial charge in [-0.25, -0.2) is 0 Å². The van der Waals surface area contributed by atoms with Crippen molar-refractivity contribution in [1.29, 1.82) is 0 Å². The number of nitrogen functional groups attached to an aromatic ring is 1. The first-order chi connectivity index (χ1) is 8.84. The summed E-state index contributed by atoms with van der Waals surface area (Å²) in [6, 6.07) is 10.3. The number of nitrogens with zero attached hydrogens (tertiary/aromatic N) is 2. The Morgan fingerprint density at radius 3 is 2.67 bits per heavy atom. The van der Waals surface area contributed by atoms with E-state index in [-0.39, 0.29) is 0 Å². The Morgan fingerprint density at radius 1 is 1.11 bits per heavy atom. The zero-order valence-corrected chi connectivity index (χ0v) is 10.3. The molecule has 92 valence electrons. The molecule has 3 rings (SSSR count). The second-order valence-corrected chi connectivity index (χ2v) is 4.71. The van der Waals surface area contributed by atoms with Crippen LogP contribution in [0.15, 0.2) is 42.7 Å². The molecule has 0 spiro atoms. The van der Waals surface area contributed by atoms with Gasteiger partial charge in [-0.05, 0) is 37.1 Å². The maximum atomic E-state index is 6.07. The molecule has 18 heavy (non-hydrogen) atoms. The first kappa shape index (κ1) is 11.1. The summed E-state index contributed by atoms with van der Waals surface area (Å²) in [5.74, 6) is 0. The molecule has 1 aliphatic rings. The number of anilines is 2. The first-order valence-electron chi connectivity index (χ1n) is 6.39. The van der Waals surface area contributed by atoms with E-state index in [2.05, 4.69) is 22.0 Å². The first-order valence-corrected chi connectivity index (χ1v) is 6.39. The molecular formula is C15H17N3. The second-order valence-electron chi connectivity index (χ2n) is 4.71. The number of benzene rings is 1. The van der Waals surface area contributed by atoms with E-state index in [1.54, 1.807) is 6.20 Å². The fourth-order valence-electron chi connectivity index (χ4n) is 2.49. The van der Waals surface area contributed by atoms with Gasteiger partial charge < -0.3 is 10.6 Å². The van der Waals surface area contributed by atoms with Crippen molar-refractivity contribution in [2.24, 2.45) is 0 Å². The molecule has 3 heteroatoms. The molecule has 2 N–H and O–H groups in total. The SMILES string of the molecule is Nc1ccc(N2CCCC2)cc1-c1cccnc1. The molecule has 1 aliphatic heterocycles. The Bertz CT molecular complexity index is 531. The summed E-state index contributed by atoms with van der Waals surface area (Å²) in [6.07, 6.45) is 6.21. The Labute approximate surface area is 107 Å². The van der Waals surface area contributed by atoms with E-state index in [1.165, 1.54) is 18.5 Å². The summed E-state index contributed by atoms with van der Waals surface area (Å²) in [7, 11) is 0. The van der Waals surface area contributed by atoms with Gasteiger partial charge in [-0.2, -0.15) is 0 Å². The monoisotopic (exact) mass is 239 g/mol. The molecule has 0 bridgehead atoms. The molecule has 2 heterocycles. The zero-order chi connectivity index (χ0) is 12.4. The van der Waals surface area contributed by atoms with Crippen molar-refractivity contribution in [3.8, 4) is 11.1 Å². The van der Waals surface area contributed by atoms with Crippen LogP contribution in [-0.4, -0.2) is 18.1 Å². The number of aromatic nitrogens is 1. The van der Waals surface area contributed by atoms with Crippen molar-refractivity contribution in [2.75, 3.05) is 23.7 Å². The molecule has 0 radical (unpaired) electrons. The van der Waals surface area contributed by atoms with E-state index in [9.17, 15) is 0 Å². The van der Waals surface area contributed by atoms with Gasteiger partial charge in [0.25, 0.3) is 0 Å². The summed E-state index contributed by atoms with van der Waals surface area (Å²) in [5.41, 5.74) is 10.3.